The number of rotatable bonds is 7. The molecule has 2 heterocycles. The van der Waals surface area contributed by atoms with Crippen molar-refractivity contribution in [3.8, 4) is 6.07 Å². The van der Waals surface area contributed by atoms with E-state index in [4.69, 9.17) is 0 Å². The van der Waals surface area contributed by atoms with Crippen LogP contribution in [0.2, 0.25) is 0 Å². The number of piperidine rings is 1. The third kappa shape index (κ3) is 6.07. The summed E-state index contributed by atoms with van der Waals surface area (Å²) in [5.41, 5.74) is -1.59. The SMILES string of the molecule is Cc1ccc(F)c(CS(=O)(=O)NC(=O)C2CCN(c3nc(C(F)F)c(C(=O)[O-])cc3C#N)CC2)c1. The molecule has 1 aliphatic rings. The van der Waals surface area contributed by atoms with Crippen molar-refractivity contribution in [2.45, 2.75) is 31.9 Å². The van der Waals surface area contributed by atoms with Gasteiger partial charge in [-0.2, -0.15) is 5.26 Å². The molecule has 0 saturated carbocycles. The van der Waals surface area contributed by atoms with E-state index >= 15 is 0 Å². The number of nitriles is 1. The quantitative estimate of drug-likeness (QED) is 0.592. The van der Waals surface area contributed by atoms with Crippen LogP contribution in [0.15, 0.2) is 24.3 Å². The first-order valence-electron chi connectivity index (χ1n) is 10.4. The summed E-state index contributed by atoms with van der Waals surface area (Å²) in [6.45, 7) is 1.81. The molecule has 1 N–H and O–H groups in total. The summed E-state index contributed by atoms with van der Waals surface area (Å²) in [5, 5.41) is 20.5. The lowest BCUT2D eigenvalue weighted by molar-refractivity contribution is -0.255. The smallest absolute Gasteiger partial charge is 0.281 e. The number of carboxylic acid groups (broad SMARTS) is 1. The van der Waals surface area contributed by atoms with Crippen LogP contribution in [0.3, 0.4) is 0 Å². The summed E-state index contributed by atoms with van der Waals surface area (Å²) in [7, 11) is -4.18. The maximum absolute atomic E-state index is 13.9. The zero-order valence-electron chi connectivity index (χ0n) is 18.4. The highest BCUT2D eigenvalue weighted by molar-refractivity contribution is 7.89. The molecule has 35 heavy (non-hydrogen) atoms. The highest BCUT2D eigenvalue weighted by Gasteiger charge is 2.30. The number of nitrogens with one attached hydrogen (secondary N) is 1. The summed E-state index contributed by atoms with van der Waals surface area (Å²) >= 11 is 0. The van der Waals surface area contributed by atoms with Crippen LogP contribution in [0.1, 0.15) is 52.0 Å². The summed E-state index contributed by atoms with van der Waals surface area (Å²) in [4.78, 5) is 28.8. The minimum absolute atomic E-state index is 0.0691. The van der Waals surface area contributed by atoms with E-state index in [1.807, 2.05) is 4.72 Å². The Balaban J connectivity index is 1.70. The van der Waals surface area contributed by atoms with E-state index in [0.29, 0.717) is 5.56 Å². The molecule has 0 aliphatic carbocycles. The number of pyridine rings is 1. The third-order valence-electron chi connectivity index (χ3n) is 5.55. The zero-order chi connectivity index (χ0) is 25.9. The van der Waals surface area contributed by atoms with Gasteiger partial charge in [0.1, 0.15) is 23.4 Å². The van der Waals surface area contributed by atoms with Gasteiger partial charge in [-0.05, 0) is 31.9 Å². The largest absolute Gasteiger partial charge is 0.545 e. The average molecular weight is 509 g/mol. The molecule has 1 fully saturated rings. The van der Waals surface area contributed by atoms with E-state index in [1.54, 1.807) is 13.0 Å². The number of halogens is 3. The van der Waals surface area contributed by atoms with Crippen molar-refractivity contribution in [1.82, 2.24) is 9.71 Å². The van der Waals surface area contributed by atoms with Crippen LogP contribution in [0.4, 0.5) is 19.0 Å². The molecular formula is C22H20F3N4O5S-. The van der Waals surface area contributed by atoms with Gasteiger partial charge in [-0.3, -0.25) is 9.52 Å². The van der Waals surface area contributed by atoms with Gasteiger partial charge in [-0.15, -0.1) is 0 Å². The van der Waals surface area contributed by atoms with Gasteiger partial charge in [0.15, 0.2) is 0 Å². The Morgan fingerprint density at radius 3 is 2.51 bits per heavy atom. The summed E-state index contributed by atoms with van der Waals surface area (Å²) in [6.07, 6.45) is -3.00. The van der Waals surface area contributed by atoms with Crippen molar-refractivity contribution in [3.63, 3.8) is 0 Å². The predicted octanol–water partition coefficient (Wildman–Crippen LogP) is 1.56. The Labute approximate surface area is 199 Å². The van der Waals surface area contributed by atoms with Gasteiger partial charge >= 0.3 is 0 Å². The van der Waals surface area contributed by atoms with Gasteiger partial charge in [0.2, 0.25) is 15.9 Å². The van der Waals surface area contributed by atoms with Crippen molar-refractivity contribution < 1.29 is 36.3 Å². The molecule has 0 radical (unpaired) electrons. The van der Waals surface area contributed by atoms with E-state index < -0.39 is 57.1 Å². The van der Waals surface area contributed by atoms with Crippen LogP contribution in [0.25, 0.3) is 0 Å². The second-order valence-electron chi connectivity index (χ2n) is 8.07. The van der Waals surface area contributed by atoms with Crippen molar-refractivity contribution in [3.05, 3.63) is 58.0 Å². The predicted molar refractivity (Wildman–Crippen MR) is 115 cm³/mol. The molecule has 0 spiro atoms. The van der Waals surface area contributed by atoms with Crippen LogP contribution < -0.4 is 14.7 Å². The maximum Gasteiger partial charge on any atom is 0.281 e. The molecule has 0 atom stereocenters. The first-order chi connectivity index (χ1) is 16.4. The number of aromatic nitrogens is 1. The maximum atomic E-state index is 13.9. The molecule has 1 amide bonds. The highest BCUT2D eigenvalue weighted by atomic mass is 32.2. The molecule has 2 aromatic rings. The number of alkyl halides is 2. The Hall–Kier alpha value is -3.66. The molecule has 3 rings (SSSR count). The van der Waals surface area contributed by atoms with Crippen LogP contribution >= 0.6 is 0 Å². The van der Waals surface area contributed by atoms with E-state index in [9.17, 15) is 41.5 Å². The lowest BCUT2D eigenvalue weighted by Gasteiger charge is -2.33. The number of aryl methyl sites for hydroxylation is 1. The second kappa shape index (κ2) is 10.3. The van der Waals surface area contributed by atoms with Crippen molar-refractivity contribution in [1.29, 1.82) is 5.26 Å². The number of carbonyl (C=O) groups excluding carboxylic acids is 2. The van der Waals surface area contributed by atoms with Crippen molar-refractivity contribution >= 4 is 27.7 Å². The molecule has 9 nitrogen and oxygen atoms in total. The average Bonchev–Trinajstić information content (AvgIpc) is 2.80. The number of benzene rings is 1. The normalized spacial score (nSPS) is 14.6. The molecule has 0 bridgehead atoms. The lowest BCUT2D eigenvalue weighted by Crippen LogP contribution is -2.43. The fourth-order valence-electron chi connectivity index (χ4n) is 3.82. The minimum atomic E-state index is -4.18. The molecule has 186 valence electrons. The number of carboxylic acids is 1. The van der Waals surface area contributed by atoms with E-state index in [0.717, 1.165) is 12.1 Å². The van der Waals surface area contributed by atoms with E-state index in [2.05, 4.69) is 4.98 Å². The highest BCUT2D eigenvalue weighted by Crippen LogP contribution is 2.30. The van der Waals surface area contributed by atoms with Crippen LogP contribution in [0, 0.1) is 30.0 Å². The van der Waals surface area contributed by atoms with Gasteiger partial charge in [-0.25, -0.2) is 26.6 Å². The number of hydrogen-bond acceptors (Lipinski definition) is 8. The lowest BCUT2D eigenvalue weighted by atomic mass is 9.96. The van der Waals surface area contributed by atoms with Crippen LogP contribution in [-0.4, -0.2) is 38.4 Å². The zero-order valence-corrected chi connectivity index (χ0v) is 19.2. The molecule has 0 unspecified atom stereocenters. The first-order valence-corrected chi connectivity index (χ1v) is 12.1. The third-order valence-corrected chi connectivity index (χ3v) is 6.75. The van der Waals surface area contributed by atoms with Gasteiger partial charge in [0.25, 0.3) is 6.43 Å². The summed E-state index contributed by atoms with van der Waals surface area (Å²) < 4.78 is 67.3. The monoisotopic (exact) mass is 509 g/mol. The van der Waals surface area contributed by atoms with Gasteiger partial charge in [0.05, 0.1) is 17.3 Å². The summed E-state index contributed by atoms with van der Waals surface area (Å²) in [5.74, 6) is -5.01. The summed E-state index contributed by atoms with van der Waals surface area (Å²) in [6, 6.07) is 6.49. The molecule has 1 saturated heterocycles. The van der Waals surface area contributed by atoms with Gasteiger partial charge in [0, 0.05) is 30.1 Å². The Kier molecular flexibility index (Phi) is 7.64. The minimum Gasteiger partial charge on any atom is -0.545 e. The Bertz CT molecular complexity index is 1300. The molecule has 1 aromatic heterocycles. The molecule has 1 aliphatic heterocycles. The standard InChI is InChI=1S/C22H21F3N4O5S/c1-12-2-3-17(23)15(8-12)11-35(33,34)28-21(30)13-4-6-29(7-5-13)20-14(10-26)9-16(22(31)32)18(27-20)19(24)25/h2-3,8-9,13,19H,4-7,11H2,1H3,(H,28,30)(H,31,32)/p-1. The van der Waals surface area contributed by atoms with Gasteiger partial charge in [-0.1, -0.05) is 17.7 Å². The number of carbonyl (C=O) groups is 2. The fraction of sp³-hybridized carbons (Fsp3) is 0.364. The van der Waals surface area contributed by atoms with Crippen LogP contribution in [-0.2, 0) is 20.6 Å². The number of amides is 1. The van der Waals surface area contributed by atoms with Crippen molar-refractivity contribution in [2.75, 3.05) is 18.0 Å². The van der Waals surface area contributed by atoms with Crippen LogP contribution in [0.5, 0.6) is 0 Å². The fourth-order valence-corrected chi connectivity index (χ4v) is 4.99. The molecular weight excluding hydrogens is 489 g/mol. The van der Waals surface area contributed by atoms with E-state index in [1.165, 1.54) is 17.0 Å². The first kappa shape index (κ1) is 26.0. The number of anilines is 1. The molecule has 13 heteroatoms. The topological polar surface area (TPSA) is 143 Å². The number of hydrogen-bond donors (Lipinski definition) is 1. The number of aromatic carboxylic acids is 1. The van der Waals surface area contributed by atoms with Gasteiger partial charge < -0.3 is 14.8 Å². The Morgan fingerprint density at radius 1 is 1.29 bits per heavy atom. The van der Waals surface area contributed by atoms with E-state index in [-0.39, 0.29) is 42.9 Å². The second-order valence-corrected chi connectivity index (χ2v) is 9.80. The van der Waals surface area contributed by atoms with Crippen molar-refractivity contribution in [2.24, 2.45) is 5.92 Å². The number of sulfonamides is 1. The molecule has 1 aromatic carbocycles. The Morgan fingerprint density at radius 2 is 1.94 bits per heavy atom. The number of nitrogens with zero attached hydrogens (tertiary/aromatic N) is 3.